The SMILES string of the molecule is COc1cc(CN=C[C@]23CC[C@H](O)C[C@]2(O)CC[C@@H]2[C@H]3CC[C@]3(C)[C@@H](C4=CC(=O)OC4)CC[C@]23O)cc(OC)c1. The molecule has 0 spiro atoms. The van der Waals surface area contributed by atoms with Crippen molar-refractivity contribution in [2.75, 3.05) is 20.8 Å². The Hall–Kier alpha value is -2.42. The second kappa shape index (κ2) is 9.85. The van der Waals surface area contributed by atoms with Gasteiger partial charge in [-0.1, -0.05) is 6.92 Å². The molecule has 6 rings (SSSR count). The van der Waals surface area contributed by atoms with E-state index in [1.54, 1.807) is 20.3 Å². The van der Waals surface area contributed by atoms with Crippen LogP contribution in [0.5, 0.6) is 11.5 Å². The summed E-state index contributed by atoms with van der Waals surface area (Å²) < 4.78 is 16.1. The number of hydrogen-bond donors (Lipinski definition) is 3. The van der Waals surface area contributed by atoms with Gasteiger partial charge in [0.2, 0.25) is 0 Å². The topological polar surface area (TPSA) is 118 Å². The summed E-state index contributed by atoms with van der Waals surface area (Å²) in [5, 5.41) is 35.4. The van der Waals surface area contributed by atoms with E-state index in [1.807, 2.05) is 24.4 Å². The van der Waals surface area contributed by atoms with Crippen LogP contribution in [0.15, 0.2) is 34.8 Å². The van der Waals surface area contributed by atoms with Crippen LogP contribution in [0.1, 0.15) is 70.3 Å². The number of fused-ring (bicyclic) bond motifs is 5. The van der Waals surface area contributed by atoms with E-state index in [4.69, 9.17) is 19.2 Å². The molecule has 1 aromatic carbocycles. The molecule has 1 aliphatic heterocycles. The van der Waals surface area contributed by atoms with E-state index in [0.717, 1.165) is 30.4 Å². The summed E-state index contributed by atoms with van der Waals surface area (Å²) in [6, 6.07) is 5.71. The first-order valence-electron chi connectivity index (χ1n) is 14.8. The monoisotopic (exact) mass is 553 g/mol. The van der Waals surface area contributed by atoms with Crippen LogP contribution in [0.25, 0.3) is 0 Å². The Balaban J connectivity index is 1.34. The van der Waals surface area contributed by atoms with Crippen LogP contribution in [0.4, 0.5) is 0 Å². The first-order chi connectivity index (χ1) is 19.1. The molecule has 218 valence electrons. The van der Waals surface area contributed by atoms with E-state index < -0.39 is 22.7 Å². The number of esters is 1. The van der Waals surface area contributed by atoms with Gasteiger partial charge in [0.25, 0.3) is 0 Å². The highest BCUT2D eigenvalue weighted by molar-refractivity contribution is 5.85. The largest absolute Gasteiger partial charge is 0.497 e. The second-order valence-corrected chi connectivity index (χ2v) is 13.2. The fraction of sp³-hybridized carbons (Fsp3) is 0.688. The minimum absolute atomic E-state index is 0.00811. The van der Waals surface area contributed by atoms with Gasteiger partial charge >= 0.3 is 5.97 Å². The Bertz CT molecular complexity index is 1210. The number of rotatable bonds is 6. The molecule has 8 heteroatoms. The molecule has 1 heterocycles. The summed E-state index contributed by atoms with van der Waals surface area (Å²) in [6.45, 7) is 2.94. The standard InChI is InChI=1S/C32H43NO7/c1-29-8-5-26-27(32(29,37)11-7-25(29)21-14-28(35)40-18-21)6-10-31(36)16-22(34)4-9-30(26,31)19-33-17-20-12-23(38-2)15-24(13-20)39-3/h12-15,19,22,25-27,34,36-37H,4-11,16-18H2,1-3H3/t22-,25+,26+,27+,29+,30-,31+,32-/m0/s1. The molecule has 3 N–H and O–H groups in total. The summed E-state index contributed by atoms with van der Waals surface area (Å²) in [4.78, 5) is 16.8. The molecule has 0 aromatic heterocycles. The third-order valence-electron chi connectivity index (χ3n) is 11.6. The van der Waals surface area contributed by atoms with E-state index in [2.05, 4.69) is 6.92 Å². The molecule has 8 nitrogen and oxygen atoms in total. The molecule has 4 fully saturated rings. The van der Waals surface area contributed by atoms with Gasteiger partial charge in [0, 0.05) is 35.6 Å². The van der Waals surface area contributed by atoms with Crippen LogP contribution < -0.4 is 9.47 Å². The van der Waals surface area contributed by atoms with Crippen molar-refractivity contribution < 1.29 is 34.3 Å². The second-order valence-electron chi connectivity index (χ2n) is 13.2. The third kappa shape index (κ3) is 4.04. The number of hydrogen-bond acceptors (Lipinski definition) is 8. The minimum atomic E-state index is -1.07. The number of cyclic esters (lactones) is 1. The number of carbonyl (C=O) groups excluding carboxylic acids is 1. The molecule has 0 unspecified atom stereocenters. The minimum Gasteiger partial charge on any atom is -0.497 e. The molecule has 1 aromatic rings. The lowest BCUT2D eigenvalue weighted by Crippen LogP contribution is -2.68. The highest BCUT2D eigenvalue weighted by Crippen LogP contribution is 2.70. The third-order valence-corrected chi connectivity index (χ3v) is 11.6. The zero-order valence-corrected chi connectivity index (χ0v) is 23.9. The van der Waals surface area contributed by atoms with Crippen LogP contribution in [0.3, 0.4) is 0 Å². The maximum Gasteiger partial charge on any atom is 0.331 e. The number of aliphatic hydroxyl groups excluding tert-OH is 1. The lowest BCUT2D eigenvalue weighted by atomic mass is 9.41. The lowest BCUT2D eigenvalue weighted by molar-refractivity contribution is -0.237. The van der Waals surface area contributed by atoms with Gasteiger partial charge < -0.3 is 29.5 Å². The molecule has 0 radical (unpaired) electrons. The molecular formula is C32H43NO7. The van der Waals surface area contributed by atoms with Crippen molar-refractivity contribution in [3.63, 3.8) is 0 Å². The lowest BCUT2D eigenvalue weighted by Gasteiger charge is -2.65. The number of carbonyl (C=O) groups is 1. The Morgan fingerprint density at radius 1 is 1.00 bits per heavy atom. The zero-order valence-electron chi connectivity index (χ0n) is 23.9. The van der Waals surface area contributed by atoms with Gasteiger partial charge in [0.1, 0.15) is 18.1 Å². The van der Waals surface area contributed by atoms with Gasteiger partial charge in [0.15, 0.2) is 0 Å². The predicted molar refractivity (Wildman–Crippen MR) is 149 cm³/mol. The Morgan fingerprint density at radius 2 is 1.73 bits per heavy atom. The number of methoxy groups -OCH3 is 2. The van der Waals surface area contributed by atoms with Gasteiger partial charge in [0.05, 0.1) is 38.1 Å². The molecular weight excluding hydrogens is 510 g/mol. The van der Waals surface area contributed by atoms with Gasteiger partial charge in [-0.25, -0.2) is 4.79 Å². The first kappa shape index (κ1) is 27.7. The van der Waals surface area contributed by atoms with E-state index in [9.17, 15) is 20.1 Å². The van der Waals surface area contributed by atoms with Crippen LogP contribution >= 0.6 is 0 Å². The van der Waals surface area contributed by atoms with Crippen molar-refractivity contribution >= 4 is 12.2 Å². The van der Waals surface area contributed by atoms with Gasteiger partial charge in [-0.2, -0.15) is 0 Å². The van der Waals surface area contributed by atoms with Crippen LogP contribution in [0, 0.1) is 28.6 Å². The van der Waals surface area contributed by atoms with Gasteiger partial charge in [-0.05, 0) is 92.4 Å². The van der Waals surface area contributed by atoms with Crippen LogP contribution in [-0.4, -0.2) is 65.6 Å². The molecule has 4 saturated carbocycles. The summed E-state index contributed by atoms with van der Waals surface area (Å²) in [5.41, 5.74) is -0.986. The van der Waals surface area contributed by atoms with Gasteiger partial charge in [-0.15, -0.1) is 0 Å². The number of aliphatic imine (C=N–C) groups is 1. The van der Waals surface area contributed by atoms with Crippen LogP contribution in [-0.2, 0) is 16.1 Å². The average molecular weight is 554 g/mol. The van der Waals surface area contributed by atoms with Crippen LogP contribution in [0.2, 0.25) is 0 Å². The van der Waals surface area contributed by atoms with Crippen molar-refractivity contribution in [2.24, 2.45) is 33.6 Å². The molecule has 0 bridgehead atoms. The van der Waals surface area contributed by atoms with Crippen molar-refractivity contribution in [3.05, 3.63) is 35.4 Å². The maximum absolute atomic E-state index is 12.6. The number of aliphatic hydroxyl groups is 3. The highest BCUT2D eigenvalue weighted by atomic mass is 16.5. The highest BCUT2D eigenvalue weighted by Gasteiger charge is 2.71. The summed E-state index contributed by atoms with van der Waals surface area (Å²) in [5.74, 6) is 1.29. The zero-order chi connectivity index (χ0) is 28.3. The van der Waals surface area contributed by atoms with E-state index in [-0.39, 0.29) is 29.1 Å². The number of benzene rings is 1. The normalized spacial score (nSPS) is 42.5. The molecule has 4 aliphatic carbocycles. The molecule has 40 heavy (non-hydrogen) atoms. The quantitative estimate of drug-likeness (QED) is 0.360. The summed E-state index contributed by atoms with van der Waals surface area (Å²) >= 11 is 0. The van der Waals surface area contributed by atoms with Crippen molar-refractivity contribution in [2.45, 2.75) is 88.6 Å². The number of nitrogens with zero attached hydrogens (tertiary/aromatic N) is 1. The van der Waals surface area contributed by atoms with Crippen molar-refractivity contribution in [3.8, 4) is 11.5 Å². The van der Waals surface area contributed by atoms with E-state index in [0.29, 0.717) is 63.2 Å². The Labute approximate surface area is 236 Å². The Kier molecular flexibility index (Phi) is 6.83. The molecule has 8 atom stereocenters. The summed E-state index contributed by atoms with van der Waals surface area (Å²) in [7, 11) is 3.25. The smallest absolute Gasteiger partial charge is 0.331 e. The summed E-state index contributed by atoms with van der Waals surface area (Å²) in [6.07, 6.45) is 9.09. The van der Waals surface area contributed by atoms with Crippen molar-refractivity contribution in [1.29, 1.82) is 0 Å². The fourth-order valence-electron chi connectivity index (χ4n) is 9.63. The molecule has 5 aliphatic rings. The van der Waals surface area contributed by atoms with E-state index in [1.165, 1.54) is 0 Å². The average Bonchev–Trinajstić information content (AvgIpc) is 3.48. The Morgan fingerprint density at radius 3 is 2.40 bits per heavy atom. The van der Waals surface area contributed by atoms with Crippen molar-refractivity contribution in [1.82, 2.24) is 0 Å². The van der Waals surface area contributed by atoms with Gasteiger partial charge in [-0.3, -0.25) is 4.99 Å². The number of ether oxygens (including phenoxy) is 3. The molecule has 0 amide bonds. The first-order valence-corrected chi connectivity index (χ1v) is 14.8. The van der Waals surface area contributed by atoms with E-state index >= 15 is 0 Å². The fourth-order valence-corrected chi connectivity index (χ4v) is 9.63. The maximum atomic E-state index is 12.6. The predicted octanol–water partition coefficient (Wildman–Crippen LogP) is 3.99. The molecule has 0 saturated heterocycles.